The maximum Gasteiger partial charge on any atom is 0.143 e. The zero-order chi connectivity index (χ0) is 19.1. The molecule has 0 bridgehead atoms. The number of aromatic nitrogens is 1. The van der Waals surface area contributed by atoms with Crippen LogP contribution in [0.1, 0.15) is 13.8 Å². The molecule has 0 aliphatic carbocycles. The summed E-state index contributed by atoms with van der Waals surface area (Å²) in [4.78, 5) is 3.49. The van der Waals surface area contributed by atoms with Gasteiger partial charge in [-0.05, 0) is 29.8 Å². The van der Waals surface area contributed by atoms with Gasteiger partial charge in [0.25, 0.3) is 0 Å². The molecule has 0 amide bonds. The lowest BCUT2D eigenvalue weighted by atomic mass is 10.0. The van der Waals surface area contributed by atoms with Crippen LogP contribution in [0.2, 0.25) is 0 Å². The van der Waals surface area contributed by atoms with Crippen LogP contribution < -0.4 is 0 Å². The maximum absolute atomic E-state index is 6.21. The van der Waals surface area contributed by atoms with Crippen LogP contribution in [0.3, 0.4) is 0 Å². The molecular weight excluding hydrogens is 342 g/mol. The van der Waals surface area contributed by atoms with Gasteiger partial charge in [0.15, 0.2) is 0 Å². The van der Waals surface area contributed by atoms with Gasteiger partial charge in [-0.25, -0.2) is 0 Å². The van der Waals surface area contributed by atoms with Crippen LogP contribution in [-0.2, 0) is 0 Å². The Bertz CT molecular complexity index is 1430. The van der Waals surface area contributed by atoms with Gasteiger partial charge >= 0.3 is 0 Å². The van der Waals surface area contributed by atoms with E-state index < -0.39 is 0 Å². The van der Waals surface area contributed by atoms with E-state index in [1.165, 1.54) is 21.9 Å². The van der Waals surface area contributed by atoms with Gasteiger partial charge in [-0.2, -0.15) is 0 Å². The largest absolute Gasteiger partial charge is 0.455 e. The molecule has 0 aliphatic rings. The third-order valence-electron chi connectivity index (χ3n) is 5.22. The summed E-state index contributed by atoms with van der Waals surface area (Å²) in [5.41, 5.74) is 6.52. The minimum Gasteiger partial charge on any atom is -0.455 e. The van der Waals surface area contributed by atoms with E-state index in [0.29, 0.717) is 0 Å². The average molecular weight is 363 g/mol. The lowest BCUT2D eigenvalue weighted by molar-refractivity contribution is 0.670. The molecule has 0 spiro atoms. The lowest BCUT2D eigenvalue weighted by Crippen LogP contribution is -1.79. The van der Waals surface area contributed by atoms with E-state index in [9.17, 15) is 0 Å². The van der Waals surface area contributed by atoms with E-state index in [1.54, 1.807) is 0 Å². The molecule has 6 rings (SSSR count). The van der Waals surface area contributed by atoms with Crippen molar-refractivity contribution in [2.45, 2.75) is 13.8 Å². The highest BCUT2D eigenvalue weighted by molar-refractivity contribution is 6.12. The number of rotatable bonds is 1. The number of H-pyrrole nitrogens is 1. The fraction of sp³-hybridized carbons (Fsp3) is 0.0769. The normalized spacial score (nSPS) is 11.2. The summed E-state index contributed by atoms with van der Waals surface area (Å²) in [7, 11) is 0. The van der Waals surface area contributed by atoms with Gasteiger partial charge in [-0.15, -0.1) is 0 Å². The summed E-state index contributed by atoms with van der Waals surface area (Å²) < 4.78 is 6.21. The molecule has 2 aromatic heterocycles. The molecular formula is C26H21NO. The van der Waals surface area contributed by atoms with Crippen LogP contribution in [0.4, 0.5) is 0 Å². The van der Waals surface area contributed by atoms with Crippen molar-refractivity contribution >= 4 is 43.7 Å². The molecule has 2 heterocycles. The third kappa shape index (κ3) is 2.42. The summed E-state index contributed by atoms with van der Waals surface area (Å²) in [5.74, 6) is 0. The highest BCUT2D eigenvalue weighted by Gasteiger charge is 2.13. The highest BCUT2D eigenvalue weighted by Crippen LogP contribution is 2.37. The molecule has 0 aliphatic heterocycles. The molecule has 4 aromatic carbocycles. The van der Waals surface area contributed by atoms with Crippen LogP contribution in [0.15, 0.2) is 89.3 Å². The quantitative estimate of drug-likeness (QED) is 0.316. The highest BCUT2D eigenvalue weighted by atomic mass is 16.3. The minimum absolute atomic E-state index is 0.933. The molecule has 0 saturated heterocycles. The van der Waals surface area contributed by atoms with Crippen molar-refractivity contribution in [2.75, 3.05) is 0 Å². The maximum atomic E-state index is 6.21. The lowest BCUT2D eigenvalue weighted by Gasteiger charge is -2.03. The van der Waals surface area contributed by atoms with Crippen molar-refractivity contribution in [3.63, 3.8) is 0 Å². The second-order valence-electron chi connectivity index (χ2n) is 6.71. The summed E-state index contributed by atoms with van der Waals surface area (Å²) in [6.07, 6.45) is 0. The molecule has 2 heteroatoms. The minimum atomic E-state index is 0.933. The van der Waals surface area contributed by atoms with Crippen molar-refractivity contribution in [3.8, 4) is 11.1 Å². The standard InChI is InChI=1S/C24H15NO.C2H6/c1-3-10-21-17(6-1)20-14-15(12-13-22(20)25-21)16-8-5-9-19-18-7-2-4-11-23(18)26-24(16)19;1-2/h1-14,25H;1-2H3. The first-order valence-corrected chi connectivity index (χ1v) is 9.79. The predicted octanol–water partition coefficient (Wildman–Crippen LogP) is 7.91. The molecule has 0 fully saturated rings. The van der Waals surface area contributed by atoms with Gasteiger partial charge in [0.05, 0.1) is 0 Å². The molecule has 6 aromatic rings. The van der Waals surface area contributed by atoms with E-state index in [4.69, 9.17) is 4.42 Å². The molecule has 0 radical (unpaired) electrons. The summed E-state index contributed by atoms with van der Waals surface area (Å²) >= 11 is 0. The van der Waals surface area contributed by atoms with E-state index in [1.807, 2.05) is 26.0 Å². The van der Waals surface area contributed by atoms with Gasteiger partial charge in [0.1, 0.15) is 11.2 Å². The average Bonchev–Trinajstić information content (AvgIpc) is 3.33. The number of benzene rings is 4. The molecule has 0 saturated carbocycles. The van der Waals surface area contributed by atoms with E-state index in [0.717, 1.165) is 33.0 Å². The third-order valence-corrected chi connectivity index (χ3v) is 5.22. The van der Waals surface area contributed by atoms with Crippen molar-refractivity contribution in [3.05, 3.63) is 84.9 Å². The zero-order valence-electron chi connectivity index (χ0n) is 16.0. The van der Waals surface area contributed by atoms with Gasteiger partial charge in [0, 0.05) is 38.1 Å². The molecule has 1 N–H and O–H groups in total. The number of aromatic amines is 1. The summed E-state index contributed by atoms with van der Waals surface area (Å²) in [6, 6.07) is 29.6. The van der Waals surface area contributed by atoms with Gasteiger partial charge in [-0.3, -0.25) is 0 Å². The first-order valence-electron chi connectivity index (χ1n) is 9.79. The second-order valence-corrected chi connectivity index (χ2v) is 6.71. The molecule has 136 valence electrons. The number of fused-ring (bicyclic) bond motifs is 6. The van der Waals surface area contributed by atoms with Crippen molar-refractivity contribution < 1.29 is 4.42 Å². The summed E-state index contributed by atoms with van der Waals surface area (Å²) in [5, 5.41) is 4.82. The number of furan rings is 1. The first-order chi connectivity index (χ1) is 13.9. The number of nitrogens with one attached hydrogen (secondary N) is 1. The van der Waals surface area contributed by atoms with E-state index in [-0.39, 0.29) is 0 Å². The number of hydrogen-bond acceptors (Lipinski definition) is 1. The fourth-order valence-corrected chi connectivity index (χ4v) is 3.99. The Morgan fingerprint density at radius 1 is 0.607 bits per heavy atom. The van der Waals surface area contributed by atoms with Gasteiger partial charge < -0.3 is 9.40 Å². The van der Waals surface area contributed by atoms with E-state index >= 15 is 0 Å². The van der Waals surface area contributed by atoms with Crippen LogP contribution in [0, 0.1) is 0 Å². The van der Waals surface area contributed by atoms with Crippen molar-refractivity contribution in [1.29, 1.82) is 0 Å². The Morgan fingerprint density at radius 2 is 1.32 bits per heavy atom. The number of para-hydroxylation sites is 3. The second kappa shape index (κ2) is 6.58. The smallest absolute Gasteiger partial charge is 0.143 e. The fourth-order valence-electron chi connectivity index (χ4n) is 3.99. The van der Waals surface area contributed by atoms with Crippen LogP contribution >= 0.6 is 0 Å². The Balaban J connectivity index is 0.000000829. The van der Waals surface area contributed by atoms with Crippen LogP contribution in [0.5, 0.6) is 0 Å². The molecule has 0 atom stereocenters. The van der Waals surface area contributed by atoms with Gasteiger partial charge in [-0.1, -0.05) is 74.5 Å². The Kier molecular flexibility index (Phi) is 3.91. The topological polar surface area (TPSA) is 28.9 Å². The molecule has 28 heavy (non-hydrogen) atoms. The molecule has 2 nitrogen and oxygen atoms in total. The van der Waals surface area contributed by atoms with Gasteiger partial charge in [0.2, 0.25) is 0 Å². The predicted molar refractivity (Wildman–Crippen MR) is 120 cm³/mol. The summed E-state index contributed by atoms with van der Waals surface area (Å²) in [6.45, 7) is 4.00. The van der Waals surface area contributed by atoms with Crippen LogP contribution in [-0.4, -0.2) is 4.98 Å². The number of hydrogen-bond donors (Lipinski definition) is 1. The Labute approximate surface area is 163 Å². The molecule has 0 unspecified atom stereocenters. The zero-order valence-corrected chi connectivity index (χ0v) is 16.0. The Hall–Kier alpha value is -3.52. The Morgan fingerprint density at radius 3 is 2.21 bits per heavy atom. The first kappa shape index (κ1) is 16.6. The van der Waals surface area contributed by atoms with Crippen molar-refractivity contribution in [2.24, 2.45) is 0 Å². The van der Waals surface area contributed by atoms with Crippen molar-refractivity contribution in [1.82, 2.24) is 4.98 Å². The van der Waals surface area contributed by atoms with E-state index in [2.05, 4.69) is 77.8 Å². The SMILES string of the molecule is CC.c1ccc2c(c1)[nH]c1ccc(-c3cccc4c3oc3ccccc34)cc12. The van der Waals surface area contributed by atoms with Crippen LogP contribution in [0.25, 0.3) is 54.9 Å². The monoisotopic (exact) mass is 363 g/mol.